The summed E-state index contributed by atoms with van der Waals surface area (Å²) >= 11 is 0. The van der Waals surface area contributed by atoms with Gasteiger partial charge in [0, 0.05) is 36.8 Å². The Morgan fingerprint density at radius 1 is 1.24 bits per heavy atom. The fourth-order valence-corrected chi connectivity index (χ4v) is 3.89. The number of imidazole rings is 1. The van der Waals surface area contributed by atoms with E-state index in [0.29, 0.717) is 30.7 Å². The number of pyridine rings is 1. The summed E-state index contributed by atoms with van der Waals surface area (Å²) < 4.78 is 10.5. The Morgan fingerprint density at radius 2 is 2.10 bits per heavy atom. The zero-order valence-corrected chi connectivity index (χ0v) is 15.9. The molecule has 0 saturated carbocycles. The zero-order valence-electron chi connectivity index (χ0n) is 15.9. The lowest BCUT2D eigenvalue weighted by Gasteiger charge is -2.41. The van der Waals surface area contributed by atoms with Gasteiger partial charge in [-0.15, -0.1) is 10.2 Å². The molecule has 1 aromatic carbocycles. The van der Waals surface area contributed by atoms with E-state index >= 15 is 0 Å². The Labute approximate surface area is 166 Å². The third-order valence-electron chi connectivity index (χ3n) is 5.65. The summed E-state index contributed by atoms with van der Waals surface area (Å²) in [7, 11) is 1.93. The molecule has 0 atom stereocenters. The van der Waals surface area contributed by atoms with Crippen molar-refractivity contribution in [3.8, 4) is 5.69 Å². The highest BCUT2D eigenvalue weighted by Crippen LogP contribution is 2.36. The molecule has 0 unspecified atom stereocenters. The standard InChI is InChI=1S/C21H19N5O3/c1-24-14-22-23-19(24)9-21(12-29-13-21)16-5-2-6-17(8-16)26-10-18-15(11-27)4-3-7-25(18)20(26)28/h2-8,10-11,14H,9,12-13H2,1H3. The van der Waals surface area contributed by atoms with E-state index in [2.05, 4.69) is 16.3 Å². The number of aromatic nitrogens is 5. The number of rotatable bonds is 5. The number of hydrogen-bond donors (Lipinski definition) is 0. The quantitative estimate of drug-likeness (QED) is 0.484. The second-order valence-electron chi connectivity index (χ2n) is 7.48. The van der Waals surface area contributed by atoms with Gasteiger partial charge in [-0.3, -0.25) is 13.8 Å². The summed E-state index contributed by atoms with van der Waals surface area (Å²) in [4.78, 5) is 24.2. The molecule has 146 valence electrons. The van der Waals surface area contributed by atoms with Crippen molar-refractivity contribution >= 4 is 11.8 Å². The molecule has 1 aliphatic rings. The lowest BCUT2D eigenvalue weighted by atomic mass is 9.75. The van der Waals surface area contributed by atoms with Crippen LogP contribution in [0.25, 0.3) is 11.2 Å². The smallest absolute Gasteiger partial charge is 0.337 e. The SMILES string of the molecule is Cn1cnnc1CC1(c2cccc(-n3cc4c(C=O)cccn4c3=O)c2)COC1. The number of carbonyl (C=O) groups is 1. The van der Waals surface area contributed by atoms with E-state index in [1.807, 2.05) is 29.8 Å². The van der Waals surface area contributed by atoms with Crippen molar-refractivity contribution in [3.63, 3.8) is 0 Å². The van der Waals surface area contributed by atoms with Crippen LogP contribution in [0.5, 0.6) is 0 Å². The first-order chi connectivity index (χ1) is 14.1. The molecule has 4 heterocycles. The van der Waals surface area contributed by atoms with Crippen molar-refractivity contribution in [1.82, 2.24) is 23.7 Å². The van der Waals surface area contributed by atoms with Crippen LogP contribution in [0, 0.1) is 0 Å². The molecule has 0 aliphatic carbocycles. The van der Waals surface area contributed by atoms with Gasteiger partial charge < -0.3 is 9.30 Å². The van der Waals surface area contributed by atoms with E-state index in [-0.39, 0.29) is 11.1 Å². The third kappa shape index (κ3) is 2.72. The molecule has 5 rings (SSSR count). The Hall–Kier alpha value is -3.52. The minimum Gasteiger partial charge on any atom is -0.379 e. The first-order valence-corrected chi connectivity index (χ1v) is 9.31. The minimum absolute atomic E-state index is 0.201. The van der Waals surface area contributed by atoms with E-state index in [4.69, 9.17) is 4.74 Å². The lowest BCUT2D eigenvalue weighted by molar-refractivity contribution is -0.0611. The van der Waals surface area contributed by atoms with E-state index in [1.165, 1.54) is 4.40 Å². The second-order valence-corrected chi connectivity index (χ2v) is 7.48. The Balaban J connectivity index is 1.59. The summed E-state index contributed by atoms with van der Waals surface area (Å²) in [5, 5.41) is 8.19. The number of aldehydes is 1. The fraction of sp³-hybridized carbons (Fsp3) is 0.238. The summed E-state index contributed by atoms with van der Waals surface area (Å²) in [6.45, 7) is 1.18. The van der Waals surface area contributed by atoms with Gasteiger partial charge in [0.2, 0.25) is 0 Å². The first kappa shape index (κ1) is 17.6. The van der Waals surface area contributed by atoms with Crippen LogP contribution in [0.15, 0.2) is 59.9 Å². The lowest BCUT2D eigenvalue weighted by Crippen LogP contribution is -2.49. The van der Waals surface area contributed by atoms with Crippen molar-refractivity contribution in [3.05, 3.63) is 82.6 Å². The molecule has 29 heavy (non-hydrogen) atoms. The topological polar surface area (TPSA) is 83.4 Å². The Morgan fingerprint density at radius 3 is 2.79 bits per heavy atom. The molecule has 3 aromatic heterocycles. The van der Waals surface area contributed by atoms with Crippen LogP contribution in [-0.2, 0) is 23.6 Å². The molecule has 0 bridgehead atoms. The van der Waals surface area contributed by atoms with Gasteiger partial charge in [0.05, 0.1) is 24.4 Å². The molecule has 0 amide bonds. The van der Waals surface area contributed by atoms with Crippen LogP contribution in [0.3, 0.4) is 0 Å². The van der Waals surface area contributed by atoms with Gasteiger partial charge in [0.25, 0.3) is 0 Å². The summed E-state index contributed by atoms with van der Waals surface area (Å²) in [5.74, 6) is 0.890. The van der Waals surface area contributed by atoms with E-state index in [0.717, 1.165) is 23.4 Å². The van der Waals surface area contributed by atoms with Crippen molar-refractivity contribution < 1.29 is 9.53 Å². The predicted molar refractivity (Wildman–Crippen MR) is 106 cm³/mol. The van der Waals surface area contributed by atoms with Crippen molar-refractivity contribution in [1.29, 1.82) is 0 Å². The minimum atomic E-state index is -0.215. The van der Waals surface area contributed by atoms with Gasteiger partial charge in [-0.05, 0) is 29.8 Å². The maximum atomic E-state index is 12.9. The predicted octanol–water partition coefficient (Wildman–Crippen LogP) is 1.54. The number of fused-ring (bicyclic) bond motifs is 1. The number of carbonyl (C=O) groups excluding carboxylic acids is 1. The van der Waals surface area contributed by atoms with E-state index in [9.17, 15) is 9.59 Å². The monoisotopic (exact) mass is 389 g/mol. The number of aryl methyl sites for hydroxylation is 1. The molecule has 0 N–H and O–H groups in total. The average molecular weight is 389 g/mol. The number of benzene rings is 1. The number of ether oxygens (including phenoxy) is 1. The molecule has 1 saturated heterocycles. The highest BCUT2D eigenvalue weighted by Gasteiger charge is 2.41. The Bertz CT molecular complexity index is 1280. The molecule has 4 aromatic rings. The number of hydrogen-bond acceptors (Lipinski definition) is 5. The highest BCUT2D eigenvalue weighted by atomic mass is 16.5. The third-order valence-corrected chi connectivity index (χ3v) is 5.65. The van der Waals surface area contributed by atoms with Crippen LogP contribution in [-0.4, -0.2) is 43.2 Å². The van der Waals surface area contributed by atoms with Crippen LogP contribution in [0.4, 0.5) is 0 Å². The molecular weight excluding hydrogens is 370 g/mol. The van der Waals surface area contributed by atoms with E-state index in [1.54, 1.807) is 35.4 Å². The molecule has 0 spiro atoms. The summed E-state index contributed by atoms with van der Waals surface area (Å²) in [6, 6.07) is 11.3. The molecule has 0 radical (unpaired) electrons. The maximum absolute atomic E-state index is 12.9. The van der Waals surface area contributed by atoms with Gasteiger partial charge in [-0.2, -0.15) is 0 Å². The molecule has 1 aliphatic heterocycles. The van der Waals surface area contributed by atoms with Crippen LogP contribution >= 0.6 is 0 Å². The maximum Gasteiger partial charge on any atom is 0.337 e. The van der Waals surface area contributed by atoms with Crippen LogP contribution in [0.1, 0.15) is 21.7 Å². The molecule has 8 heteroatoms. The summed E-state index contributed by atoms with van der Waals surface area (Å²) in [6.07, 6.45) is 6.53. The molecule has 1 fully saturated rings. The highest BCUT2D eigenvalue weighted by molar-refractivity contribution is 5.85. The average Bonchev–Trinajstić information content (AvgIpc) is 3.27. The van der Waals surface area contributed by atoms with Crippen molar-refractivity contribution in [2.24, 2.45) is 7.05 Å². The van der Waals surface area contributed by atoms with Crippen LogP contribution < -0.4 is 5.69 Å². The van der Waals surface area contributed by atoms with Crippen molar-refractivity contribution in [2.45, 2.75) is 11.8 Å². The van der Waals surface area contributed by atoms with Gasteiger partial charge in [0.15, 0.2) is 6.29 Å². The number of nitrogens with zero attached hydrogens (tertiary/aromatic N) is 5. The van der Waals surface area contributed by atoms with Gasteiger partial charge in [-0.25, -0.2) is 4.79 Å². The van der Waals surface area contributed by atoms with Gasteiger partial charge in [0.1, 0.15) is 12.2 Å². The van der Waals surface area contributed by atoms with Gasteiger partial charge >= 0.3 is 5.69 Å². The van der Waals surface area contributed by atoms with Crippen molar-refractivity contribution in [2.75, 3.05) is 13.2 Å². The zero-order chi connectivity index (χ0) is 20.0. The largest absolute Gasteiger partial charge is 0.379 e. The van der Waals surface area contributed by atoms with E-state index < -0.39 is 0 Å². The molecule has 8 nitrogen and oxygen atoms in total. The first-order valence-electron chi connectivity index (χ1n) is 9.31. The molecular formula is C21H19N5O3. The van der Waals surface area contributed by atoms with Gasteiger partial charge in [-0.1, -0.05) is 12.1 Å². The second kappa shape index (κ2) is 6.52. The normalized spacial score (nSPS) is 15.3. The Kier molecular flexibility index (Phi) is 3.95. The summed E-state index contributed by atoms with van der Waals surface area (Å²) in [5.41, 5.74) is 2.48. The fourth-order valence-electron chi connectivity index (χ4n) is 3.89. The van der Waals surface area contributed by atoms with Crippen LogP contribution in [0.2, 0.25) is 0 Å².